The first-order chi connectivity index (χ1) is 11.1. The highest BCUT2D eigenvalue weighted by Gasteiger charge is 2.10. The van der Waals surface area contributed by atoms with Gasteiger partial charge < -0.3 is 15.4 Å². The first-order valence-electron chi connectivity index (χ1n) is 7.53. The number of nitrogens with zero attached hydrogens (tertiary/aromatic N) is 2. The molecule has 0 saturated carbocycles. The summed E-state index contributed by atoms with van der Waals surface area (Å²) < 4.78 is 4.97. The van der Waals surface area contributed by atoms with Crippen molar-refractivity contribution in [1.82, 2.24) is 9.97 Å². The molecule has 0 aliphatic carbocycles. The molecule has 0 saturated heterocycles. The summed E-state index contributed by atoms with van der Waals surface area (Å²) in [5, 5.41) is 5.98. The van der Waals surface area contributed by atoms with Gasteiger partial charge in [0, 0.05) is 25.9 Å². The van der Waals surface area contributed by atoms with E-state index < -0.39 is 0 Å². The van der Waals surface area contributed by atoms with Gasteiger partial charge in [0.2, 0.25) is 0 Å². The van der Waals surface area contributed by atoms with Crippen LogP contribution in [-0.2, 0) is 4.74 Å². The monoisotopic (exact) mass is 314 g/mol. The van der Waals surface area contributed by atoms with Crippen molar-refractivity contribution in [2.75, 3.05) is 30.9 Å². The molecule has 6 nitrogen and oxygen atoms in total. The van der Waals surface area contributed by atoms with Gasteiger partial charge in [0.1, 0.15) is 11.5 Å². The summed E-state index contributed by atoms with van der Waals surface area (Å²) in [6.07, 6.45) is 3.91. The molecule has 1 amide bonds. The van der Waals surface area contributed by atoms with Crippen molar-refractivity contribution in [1.29, 1.82) is 0 Å². The predicted octanol–water partition coefficient (Wildman–Crippen LogP) is 2.79. The van der Waals surface area contributed by atoms with Crippen LogP contribution in [0, 0.1) is 13.8 Å². The van der Waals surface area contributed by atoms with Crippen LogP contribution < -0.4 is 10.6 Å². The zero-order chi connectivity index (χ0) is 16.7. The van der Waals surface area contributed by atoms with Crippen LogP contribution in [0.5, 0.6) is 0 Å². The molecule has 0 radical (unpaired) electrons. The highest BCUT2D eigenvalue weighted by molar-refractivity contribution is 6.03. The Morgan fingerprint density at radius 1 is 1.22 bits per heavy atom. The molecule has 0 spiro atoms. The molecule has 0 bridgehead atoms. The van der Waals surface area contributed by atoms with E-state index in [1.165, 1.54) is 6.20 Å². The second-order valence-electron chi connectivity index (χ2n) is 5.33. The second kappa shape index (κ2) is 8.24. The Bertz CT molecular complexity index is 656. The van der Waals surface area contributed by atoms with Crippen LogP contribution in [-0.4, -0.2) is 36.1 Å². The van der Waals surface area contributed by atoms with Crippen LogP contribution in [0.15, 0.2) is 30.6 Å². The fourth-order valence-corrected chi connectivity index (χ4v) is 2.11. The summed E-state index contributed by atoms with van der Waals surface area (Å²) in [6, 6.07) is 5.87. The molecule has 2 aromatic rings. The van der Waals surface area contributed by atoms with E-state index in [1.54, 1.807) is 13.3 Å². The van der Waals surface area contributed by atoms with Crippen LogP contribution in [0.4, 0.5) is 11.5 Å². The first-order valence-corrected chi connectivity index (χ1v) is 7.53. The molecule has 0 unspecified atom stereocenters. The Balaban J connectivity index is 1.94. The number of methoxy groups -OCH3 is 1. The number of rotatable bonds is 7. The van der Waals surface area contributed by atoms with Gasteiger partial charge in [-0.2, -0.15) is 0 Å². The van der Waals surface area contributed by atoms with Crippen molar-refractivity contribution in [3.8, 4) is 0 Å². The minimum atomic E-state index is -0.268. The van der Waals surface area contributed by atoms with E-state index in [0.717, 1.165) is 29.8 Å². The largest absolute Gasteiger partial charge is 0.385 e. The normalized spacial score (nSPS) is 10.4. The van der Waals surface area contributed by atoms with Crippen LogP contribution in [0.25, 0.3) is 0 Å². The number of aromatic nitrogens is 2. The number of hydrogen-bond acceptors (Lipinski definition) is 5. The number of benzene rings is 1. The van der Waals surface area contributed by atoms with E-state index >= 15 is 0 Å². The molecule has 2 rings (SSSR count). The highest BCUT2D eigenvalue weighted by Crippen LogP contribution is 2.16. The molecule has 0 aliphatic rings. The fraction of sp³-hybridized carbons (Fsp3) is 0.353. The average molecular weight is 314 g/mol. The standard InChI is InChI=1S/C17H22N4O2/c1-12-5-6-14(13(2)9-12)21-17(22)15-10-20-16(11-19-15)18-7-4-8-23-3/h5-6,9-11H,4,7-8H2,1-3H3,(H,18,20)(H,21,22). The zero-order valence-corrected chi connectivity index (χ0v) is 13.7. The Labute approximate surface area is 136 Å². The highest BCUT2D eigenvalue weighted by atomic mass is 16.5. The number of ether oxygens (including phenoxy) is 1. The van der Waals surface area contributed by atoms with Crippen molar-refractivity contribution >= 4 is 17.4 Å². The molecule has 1 aromatic heterocycles. The SMILES string of the molecule is COCCCNc1cnc(C(=O)Nc2ccc(C)cc2C)cn1. The van der Waals surface area contributed by atoms with Crippen LogP contribution in [0.3, 0.4) is 0 Å². The predicted molar refractivity (Wildman–Crippen MR) is 90.9 cm³/mol. The van der Waals surface area contributed by atoms with Gasteiger partial charge in [0.25, 0.3) is 5.91 Å². The Morgan fingerprint density at radius 2 is 2.04 bits per heavy atom. The average Bonchev–Trinajstić information content (AvgIpc) is 2.55. The maximum absolute atomic E-state index is 12.2. The van der Waals surface area contributed by atoms with E-state index in [-0.39, 0.29) is 11.6 Å². The number of carbonyl (C=O) groups excluding carboxylic acids is 1. The summed E-state index contributed by atoms with van der Waals surface area (Å²) in [6.45, 7) is 5.41. The second-order valence-corrected chi connectivity index (χ2v) is 5.33. The third-order valence-electron chi connectivity index (χ3n) is 3.35. The third-order valence-corrected chi connectivity index (χ3v) is 3.35. The summed E-state index contributed by atoms with van der Waals surface area (Å²) >= 11 is 0. The topological polar surface area (TPSA) is 76.1 Å². The Kier molecular flexibility index (Phi) is 6.05. The number of anilines is 2. The lowest BCUT2D eigenvalue weighted by molar-refractivity contribution is 0.102. The maximum atomic E-state index is 12.2. The maximum Gasteiger partial charge on any atom is 0.275 e. The van der Waals surface area contributed by atoms with Gasteiger partial charge in [-0.1, -0.05) is 17.7 Å². The Hall–Kier alpha value is -2.47. The van der Waals surface area contributed by atoms with E-state index in [4.69, 9.17) is 4.74 Å². The fourth-order valence-electron chi connectivity index (χ4n) is 2.11. The summed E-state index contributed by atoms with van der Waals surface area (Å²) in [5.41, 5.74) is 3.24. The molecule has 122 valence electrons. The number of aryl methyl sites for hydroxylation is 2. The van der Waals surface area contributed by atoms with Crippen LogP contribution >= 0.6 is 0 Å². The van der Waals surface area contributed by atoms with Gasteiger partial charge in [-0.3, -0.25) is 4.79 Å². The van der Waals surface area contributed by atoms with Crippen molar-refractivity contribution < 1.29 is 9.53 Å². The van der Waals surface area contributed by atoms with Gasteiger partial charge in [0.05, 0.1) is 12.4 Å². The van der Waals surface area contributed by atoms with Gasteiger partial charge in [-0.25, -0.2) is 9.97 Å². The van der Waals surface area contributed by atoms with Gasteiger partial charge in [0.15, 0.2) is 0 Å². The van der Waals surface area contributed by atoms with E-state index in [9.17, 15) is 4.79 Å². The minimum Gasteiger partial charge on any atom is -0.385 e. The van der Waals surface area contributed by atoms with Gasteiger partial charge in [-0.05, 0) is 31.9 Å². The van der Waals surface area contributed by atoms with Crippen molar-refractivity contribution in [3.05, 3.63) is 47.4 Å². The summed E-state index contributed by atoms with van der Waals surface area (Å²) in [5.74, 6) is 0.375. The number of hydrogen-bond donors (Lipinski definition) is 2. The molecule has 23 heavy (non-hydrogen) atoms. The molecular weight excluding hydrogens is 292 g/mol. The molecular formula is C17H22N4O2. The molecule has 2 N–H and O–H groups in total. The molecule has 0 atom stereocenters. The number of carbonyl (C=O) groups is 1. The van der Waals surface area contributed by atoms with Crippen LogP contribution in [0.2, 0.25) is 0 Å². The Morgan fingerprint density at radius 3 is 2.70 bits per heavy atom. The van der Waals surface area contributed by atoms with E-state index in [1.807, 2.05) is 32.0 Å². The quantitative estimate of drug-likeness (QED) is 0.769. The van der Waals surface area contributed by atoms with Crippen molar-refractivity contribution in [3.63, 3.8) is 0 Å². The first kappa shape index (κ1) is 16.9. The lowest BCUT2D eigenvalue weighted by Gasteiger charge is -2.09. The van der Waals surface area contributed by atoms with Crippen LogP contribution in [0.1, 0.15) is 28.0 Å². The van der Waals surface area contributed by atoms with E-state index in [2.05, 4.69) is 20.6 Å². The molecule has 0 aliphatic heterocycles. The summed E-state index contributed by atoms with van der Waals surface area (Å²) in [7, 11) is 1.67. The molecule has 1 heterocycles. The van der Waals surface area contributed by atoms with E-state index in [0.29, 0.717) is 12.4 Å². The lowest BCUT2D eigenvalue weighted by Crippen LogP contribution is -2.15. The van der Waals surface area contributed by atoms with Crippen molar-refractivity contribution in [2.24, 2.45) is 0 Å². The molecule has 0 fully saturated rings. The van der Waals surface area contributed by atoms with Crippen molar-refractivity contribution in [2.45, 2.75) is 20.3 Å². The van der Waals surface area contributed by atoms with Gasteiger partial charge in [-0.15, -0.1) is 0 Å². The molecule has 1 aromatic carbocycles. The van der Waals surface area contributed by atoms with Gasteiger partial charge >= 0.3 is 0 Å². The number of amides is 1. The summed E-state index contributed by atoms with van der Waals surface area (Å²) in [4.78, 5) is 20.6. The zero-order valence-electron chi connectivity index (χ0n) is 13.7. The molecule has 6 heteroatoms. The third kappa shape index (κ3) is 5.03. The lowest BCUT2D eigenvalue weighted by atomic mass is 10.1. The smallest absolute Gasteiger partial charge is 0.275 e. The number of nitrogens with one attached hydrogen (secondary N) is 2. The minimum absolute atomic E-state index is 0.268.